The number of nitrogens with two attached hydrogens (primary N) is 1. The molecule has 0 aliphatic rings. The Labute approximate surface area is 123 Å². The summed E-state index contributed by atoms with van der Waals surface area (Å²) in [6, 6.07) is 12.4. The number of carbonyl (C=O) groups excluding carboxylic acids is 1. The maximum atomic E-state index is 12.3. The number of ether oxygens (including phenoxy) is 2. The summed E-state index contributed by atoms with van der Waals surface area (Å²) >= 11 is 0. The van der Waals surface area contributed by atoms with Crippen LogP contribution in [-0.2, 0) is 6.54 Å². The van der Waals surface area contributed by atoms with Crippen LogP contribution >= 0.6 is 0 Å². The third-order valence-electron chi connectivity index (χ3n) is 3.10. The number of hydrogen-bond donors (Lipinski definition) is 2. The summed E-state index contributed by atoms with van der Waals surface area (Å²) < 4.78 is 10.3. The quantitative estimate of drug-likeness (QED) is 0.885. The number of benzene rings is 2. The Bertz CT molecular complexity index is 624. The number of anilines is 1. The van der Waals surface area contributed by atoms with Gasteiger partial charge < -0.3 is 20.5 Å². The van der Waals surface area contributed by atoms with Crippen molar-refractivity contribution in [3.8, 4) is 11.5 Å². The normalized spacial score (nSPS) is 10.0. The summed E-state index contributed by atoms with van der Waals surface area (Å²) in [5.41, 5.74) is 7.70. The van der Waals surface area contributed by atoms with Gasteiger partial charge in [-0.2, -0.15) is 0 Å². The Morgan fingerprint density at radius 1 is 1.10 bits per heavy atom. The molecule has 0 bridgehead atoms. The third-order valence-corrected chi connectivity index (χ3v) is 3.10. The van der Waals surface area contributed by atoms with Crippen LogP contribution in [0.1, 0.15) is 15.9 Å². The largest absolute Gasteiger partial charge is 0.497 e. The van der Waals surface area contributed by atoms with Gasteiger partial charge in [-0.25, -0.2) is 0 Å². The molecule has 1 amide bonds. The molecular weight excluding hydrogens is 268 g/mol. The van der Waals surface area contributed by atoms with Crippen LogP contribution in [-0.4, -0.2) is 20.1 Å². The molecule has 5 nitrogen and oxygen atoms in total. The molecule has 110 valence electrons. The minimum atomic E-state index is -0.241. The van der Waals surface area contributed by atoms with Crippen molar-refractivity contribution in [2.24, 2.45) is 5.73 Å². The Balaban J connectivity index is 2.19. The molecule has 0 radical (unpaired) electrons. The number of nitrogens with one attached hydrogen (secondary N) is 1. The van der Waals surface area contributed by atoms with E-state index in [1.807, 2.05) is 24.3 Å². The lowest BCUT2D eigenvalue weighted by Crippen LogP contribution is -2.13. The average Bonchev–Trinajstić information content (AvgIpc) is 2.54. The zero-order chi connectivity index (χ0) is 15.2. The summed E-state index contributed by atoms with van der Waals surface area (Å²) in [4.78, 5) is 12.3. The van der Waals surface area contributed by atoms with E-state index < -0.39 is 0 Å². The zero-order valence-corrected chi connectivity index (χ0v) is 12.1. The number of amides is 1. The molecule has 21 heavy (non-hydrogen) atoms. The van der Waals surface area contributed by atoms with Crippen LogP contribution in [0.2, 0.25) is 0 Å². The Morgan fingerprint density at radius 2 is 1.81 bits per heavy atom. The molecule has 0 aromatic heterocycles. The highest BCUT2D eigenvalue weighted by Gasteiger charge is 2.13. The Morgan fingerprint density at radius 3 is 2.38 bits per heavy atom. The van der Waals surface area contributed by atoms with E-state index >= 15 is 0 Å². The Kier molecular flexibility index (Phi) is 4.79. The molecule has 0 heterocycles. The first-order valence-electron chi connectivity index (χ1n) is 6.50. The van der Waals surface area contributed by atoms with Crippen LogP contribution in [0.4, 0.5) is 5.69 Å². The van der Waals surface area contributed by atoms with Crippen molar-refractivity contribution in [3.63, 3.8) is 0 Å². The van der Waals surface area contributed by atoms with Gasteiger partial charge in [0.1, 0.15) is 11.5 Å². The van der Waals surface area contributed by atoms with Crippen LogP contribution in [0.5, 0.6) is 11.5 Å². The number of carbonyl (C=O) groups is 1. The molecular formula is C16H18N2O3. The summed E-state index contributed by atoms with van der Waals surface area (Å²) in [5, 5.41) is 2.82. The van der Waals surface area contributed by atoms with Gasteiger partial charge in [-0.3, -0.25) is 4.79 Å². The molecule has 0 saturated heterocycles. The van der Waals surface area contributed by atoms with Crippen LogP contribution < -0.4 is 20.5 Å². The molecule has 5 heteroatoms. The molecule has 2 aromatic carbocycles. The molecule has 2 rings (SSSR count). The molecule has 3 N–H and O–H groups in total. The lowest BCUT2D eigenvalue weighted by atomic mass is 10.1. The van der Waals surface area contributed by atoms with Crippen molar-refractivity contribution in [1.29, 1.82) is 0 Å². The van der Waals surface area contributed by atoms with E-state index in [9.17, 15) is 4.79 Å². The molecule has 0 saturated carbocycles. The van der Waals surface area contributed by atoms with Gasteiger partial charge in [0.25, 0.3) is 5.91 Å². The minimum absolute atomic E-state index is 0.241. The predicted molar refractivity (Wildman–Crippen MR) is 81.8 cm³/mol. The van der Waals surface area contributed by atoms with Gasteiger partial charge in [0, 0.05) is 18.3 Å². The second kappa shape index (κ2) is 6.76. The first kappa shape index (κ1) is 14.9. The molecule has 2 aromatic rings. The molecule has 0 unspecified atom stereocenters. The topological polar surface area (TPSA) is 73.6 Å². The highest BCUT2D eigenvalue weighted by atomic mass is 16.5. The van der Waals surface area contributed by atoms with Crippen LogP contribution in [0.25, 0.3) is 0 Å². The fourth-order valence-electron chi connectivity index (χ4n) is 1.91. The lowest BCUT2D eigenvalue weighted by Gasteiger charge is -2.11. The van der Waals surface area contributed by atoms with Crippen molar-refractivity contribution in [1.82, 2.24) is 0 Å². The summed E-state index contributed by atoms with van der Waals surface area (Å²) in [7, 11) is 3.08. The van der Waals surface area contributed by atoms with Gasteiger partial charge in [0.15, 0.2) is 0 Å². The van der Waals surface area contributed by atoms with Gasteiger partial charge in [-0.15, -0.1) is 0 Å². The van der Waals surface area contributed by atoms with Crippen molar-refractivity contribution in [2.75, 3.05) is 19.5 Å². The van der Waals surface area contributed by atoms with Crippen molar-refractivity contribution < 1.29 is 14.3 Å². The van der Waals surface area contributed by atoms with Crippen molar-refractivity contribution in [3.05, 3.63) is 53.6 Å². The third kappa shape index (κ3) is 3.52. The molecule has 0 spiro atoms. The standard InChI is InChI=1S/C16H18N2O3/c1-20-13-7-8-14(15(9-13)21-2)16(19)18-12-5-3-11(10-17)4-6-12/h3-9H,10,17H2,1-2H3,(H,18,19). The number of methoxy groups -OCH3 is 2. The smallest absolute Gasteiger partial charge is 0.259 e. The maximum Gasteiger partial charge on any atom is 0.259 e. The maximum absolute atomic E-state index is 12.3. The molecule has 0 aliphatic carbocycles. The molecule has 0 atom stereocenters. The van der Waals surface area contributed by atoms with Crippen LogP contribution in [0.15, 0.2) is 42.5 Å². The second-order valence-electron chi connectivity index (χ2n) is 4.42. The minimum Gasteiger partial charge on any atom is -0.497 e. The first-order valence-corrected chi connectivity index (χ1v) is 6.50. The van der Waals surface area contributed by atoms with E-state index in [1.54, 1.807) is 25.3 Å². The van der Waals surface area contributed by atoms with E-state index in [4.69, 9.17) is 15.2 Å². The zero-order valence-electron chi connectivity index (χ0n) is 12.1. The first-order chi connectivity index (χ1) is 10.2. The number of hydrogen-bond acceptors (Lipinski definition) is 4. The fraction of sp³-hybridized carbons (Fsp3) is 0.188. The molecule has 0 aliphatic heterocycles. The fourth-order valence-corrected chi connectivity index (χ4v) is 1.91. The van der Waals surface area contributed by atoms with Crippen molar-refractivity contribution in [2.45, 2.75) is 6.54 Å². The van der Waals surface area contributed by atoms with Crippen molar-refractivity contribution >= 4 is 11.6 Å². The SMILES string of the molecule is COc1ccc(C(=O)Nc2ccc(CN)cc2)c(OC)c1. The summed E-state index contributed by atoms with van der Waals surface area (Å²) in [5.74, 6) is 0.858. The van der Waals surface area contributed by atoms with Gasteiger partial charge in [0.05, 0.1) is 19.8 Å². The second-order valence-corrected chi connectivity index (χ2v) is 4.42. The van der Waals surface area contributed by atoms with E-state index in [0.29, 0.717) is 29.3 Å². The number of rotatable bonds is 5. The van der Waals surface area contributed by atoms with E-state index in [2.05, 4.69) is 5.32 Å². The van der Waals surface area contributed by atoms with Gasteiger partial charge in [-0.05, 0) is 29.8 Å². The monoisotopic (exact) mass is 286 g/mol. The molecule has 0 fully saturated rings. The van der Waals surface area contributed by atoms with Gasteiger partial charge >= 0.3 is 0 Å². The van der Waals surface area contributed by atoms with E-state index in [1.165, 1.54) is 7.11 Å². The lowest BCUT2D eigenvalue weighted by molar-refractivity contribution is 0.102. The summed E-state index contributed by atoms with van der Waals surface area (Å²) in [6.07, 6.45) is 0. The van der Waals surface area contributed by atoms with Gasteiger partial charge in [0.2, 0.25) is 0 Å². The van der Waals surface area contributed by atoms with Gasteiger partial charge in [-0.1, -0.05) is 12.1 Å². The van der Waals surface area contributed by atoms with E-state index in [0.717, 1.165) is 5.56 Å². The average molecular weight is 286 g/mol. The van der Waals surface area contributed by atoms with E-state index in [-0.39, 0.29) is 5.91 Å². The summed E-state index contributed by atoms with van der Waals surface area (Å²) in [6.45, 7) is 0.473. The predicted octanol–water partition coefficient (Wildman–Crippen LogP) is 2.41. The van der Waals surface area contributed by atoms with Crippen LogP contribution in [0.3, 0.4) is 0 Å². The van der Waals surface area contributed by atoms with Crippen LogP contribution in [0, 0.1) is 0 Å². The highest BCUT2D eigenvalue weighted by molar-refractivity contribution is 6.06. The Hall–Kier alpha value is -2.53. The highest BCUT2D eigenvalue weighted by Crippen LogP contribution is 2.25.